The second-order valence-electron chi connectivity index (χ2n) is 7.07. The van der Waals surface area contributed by atoms with Crippen molar-refractivity contribution in [2.75, 3.05) is 0 Å². The maximum Gasteiger partial charge on any atom is 0.0729 e. The second-order valence-corrected chi connectivity index (χ2v) is 7.07. The van der Waals surface area contributed by atoms with E-state index in [1.807, 2.05) is 0 Å². The van der Waals surface area contributed by atoms with E-state index in [-0.39, 0.29) is 11.0 Å². The molecular weight excluding hydrogens is 208 g/mol. The third-order valence-electron chi connectivity index (χ3n) is 5.83. The summed E-state index contributed by atoms with van der Waals surface area (Å²) in [5, 5.41) is 11.3. The van der Waals surface area contributed by atoms with Crippen molar-refractivity contribution in [3.05, 3.63) is 0 Å². The van der Waals surface area contributed by atoms with Gasteiger partial charge in [0.2, 0.25) is 0 Å². The van der Waals surface area contributed by atoms with Gasteiger partial charge in [-0.3, -0.25) is 0 Å². The molecule has 1 nitrogen and oxygen atoms in total. The summed E-state index contributed by atoms with van der Waals surface area (Å²) >= 11 is 0. The predicted molar refractivity (Wildman–Crippen MR) is 72.9 cm³/mol. The van der Waals surface area contributed by atoms with E-state index in [0.29, 0.717) is 5.92 Å². The van der Waals surface area contributed by atoms with Gasteiger partial charge in [0, 0.05) is 0 Å². The molecule has 100 valence electrons. The van der Waals surface area contributed by atoms with Gasteiger partial charge in [-0.2, -0.15) is 0 Å². The van der Waals surface area contributed by atoms with Crippen molar-refractivity contribution in [1.82, 2.24) is 0 Å². The predicted octanol–water partition coefficient (Wildman–Crippen LogP) is 4.53. The first kappa shape index (κ1) is 13.4. The standard InChI is InChI=1S/C16H30O/c1-4-13-9-5-6-10-14(13)16(17)12-8-7-11-15(16,2)3/h13-14,17H,4-12H2,1-3H3. The maximum atomic E-state index is 11.3. The van der Waals surface area contributed by atoms with Crippen LogP contribution in [0.15, 0.2) is 0 Å². The van der Waals surface area contributed by atoms with Crippen molar-refractivity contribution in [2.24, 2.45) is 17.3 Å². The Bertz CT molecular complexity index is 258. The lowest BCUT2D eigenvalue weighted by atomic mass is 9.55. The molecule has 3 atom stereocenters. The fourth-order valence-electron chi connectivity index (χ4n) is 4.53. The van der Waals surface area contributed by atoms with E-state index in [1.165, 1.54) is 51.4 Å². The summed E-state index contributed by atoms with van der Waals surface area (Å²) < 4.78 is 0. The molecule has 0 saturated heterocycles. The Kier molecular flexibility index (Phi) is 3.87. The average Bonchev–Trinajstić information content (AvgIpc) is 2.33. The summed E-state index contributed by atoms with van der Waals surface area (Å²) in [6.45, 7) is 6.91. The minimum absolute atomic E-state index is 0.126. The van der Waals surface area contributed by atoms with Crippen LogP contribution in [0.5, 0.6) is 0 Å². The molecule has 1 N–H and O–H groups in total. The Morgan fingerprint density at radius 3 is 2.29 bits per heavy atom. The molecule has 3 unspecified atom stereocenters. The van der Waals surface area contributed by atoms with Gasteiger partial charge in [0.25, 0.3) is 0 Å². The fraction of sp³-hybridized carbons (Fsp3) is 1.00. The van der Waals surface area contributed by atoms with Crippen LogP contribution in [-0.2, 0) is 0 Å². The van der Waals surface area contributed by atoms with E-state index in [1.54, 1.807) is 0 Å². The zero-order valence-electron chi connectivity index (χ0n) is 12.0. The van der Waals surface area contributed by atoms with Gasteiger partial charge in [0.15, 0.2) is 0 Å². The molecule has 0 aromatic carbocycles. The van der Waals surface area contributed by atoms with Gasteiger partial charge in [0.1, 0.15) is 0 Å². The molecule has 0 bridgehead atoms. The molecule has 2 aliphatic rings. The minimum Gasteiger partial charge on any atom is -0.389 e. The molecule has 2 fully saturated rings. The van der Waals surface area contributed by atoms with Crippen molar-refractivity contribution in [3.8, 4) is 0 Å². The highest BCUT2D eigenvalue weighted by Gasteiger charge is 2.52. The fourth-order valence-corrected chi connectivity index (χ4v) is 4.53. The second kappa shape index (κ2) is 4.91. The van der Waals surface area contributed by atoms with Crippen molar-refractivity contribution in [2.45, 2.75) is 84.2 Å². The Balaban J connectivity index is 2.22. The normalized spacial score (nSPS) is 42.4. The molecule has 0 amide bonds. The van der Waals surface area contributed by atoms with Gasteiger partial charge in [-0.25, -0.2) is 0 Å². The van der Waals surface area contributed by atoms with Gasteiger partial charge in [0.05, 0.1) is 5.60 Å². The molecule has 0 spiro atoms. The quantitative estimate of drug-likeness (QED) is 0.749. The molecule has 2 aliphatic carbocycles. The molecule has 2 rings (SSSR count). The van der Waals surface area contributed by atoms with Gasteiger partial charge < -0.3 is 5.11 Å². The van der Waals surface area contributed by atoms with Crippen LogP contribution in [0.3, 0.4) is 0 Å². The lowest BCUT2D eigenvalue weighted by molar-refractivity contribution is -0.160. The van der Waals surface area contributed by atoms with Crippen molar-refractivity contribution >= 4 is 0 Å². The summed E-state index contributed by atoms with van der Waals surface area (Å²) in [7, 11) is 0. The first-order valence-corrected chi connectivity index (χ1v) is 7.73. The lowest BCUT2D eigenvalue weighted by Gasteiger charge is -2.54. The Morgan fingerprint density at radius 2 is 1.65 bits per heavy atom. The SMILES string of the molecule is CCC1CCCCC1C1(O)CCCCC1(C)C. The van der Waals surface area contributed by atoms with E-state index in [2.05, 4.69) is 20.8 Å². The van der Waals surface area contributed by atoms with Crippen LogP contribution in [0, 0.1) is 17.3 Å². The molecule has 0 aliphatic heterocycles. The number of hydrogen-bond acceptors (Lipinski definition) is 1. The van der Waals surface area contributed by atoms with E-state index in [0.717, 1.165) is 12.3 Å². The summed E-state index contributed by atoms with van der Waals surface area (Å²) in [6, 6.07) is 0. The molecule has 0 radical (unpaired) electrons. The van der Waals surface area contributed by atoms with Crippen LogP contribution in [0.1, 0.15) is 78.6 Å². The number of rotatable bonds is 2. The van der Waals surface area contributed by atoms with Gasteiger partial charge >= 0.3 is 0 Å². The first-order valence-electron chi connectivity index (χ1n) is 7.73. The zero-order valence-corrected chi connectivity index (χ0v) is 12.0. The molecule has 1 heteroatoms. The van der Waals surface area contributed by atoms with E-state index < -0.39 is 0 Å². The Morgan fingerprint density at radius 1 is 1.00 bits per heavy atom. The summed E-state index contributed by atoms with van der Waals surface area (Å²) in [4.78, 5) is 0. The molecule has 0 heterocycles. The average molecular weight is 238 g/mol. The zero-order chi connectivity index (χ0) is 12.5. The van der Waals surface area contributed by atoms with Crippen LogP contribution in [-0.4, -0.2) is 10.7 Å². The van der Waals surface area contributed by atoms with Crippen LogP contribution >= 0.6 is 0 Å². The van der Waals surface area contributed by atoms with Crippen molar-refractivity contribution in [1.29, 1.82) is 0 Å². The van der Waals surface area contributed by atoms with Crippen LogP contribution in [0.2, 0.25) is 0 Å². The molecular formula is C16H30O. The van der Waals surface area contributed by atoms with Crippen LogP contribution in [0.25, 0.3) is 0 Å². The van der Waals surface area contributed by atoms with Crippen molar-refractivity contribution in [3.63, 3.8) is 0 Å². The summed E-state index contributed by atoms with van der Waals surface area (Å²) in [6.07, 6.45) is 11.4. The number of hydrogen-bond donors (Lipinski definition) is 1. The monoisotopic (exact) mass is 238 g/mol. The highest BCUT2D eigenvalue weighted by atomic mass is 16.3. The smallest absolute Gasteiger partial charge is 0.0729 e. The Labute approximate surface area is 107 Å². The summed E-state index contributed by atoms with van der Waals surface area (Å²) in [5.41, 5.74) is -0.257. The molecule has 2 saturated carbocycles. The van der Waals surface area contributed by atoms with Crippen molar-refractivity contribution < 1.29 is 5.11 Å². The topological polar surface area (TPSA) is 20.2 Å². The molecule has 17 heavy (non-hydrogen) atoms. The third-order valence-corrected chi connectivity index (χ3v) is 5.83. The highest BCUT2D eigenvalue weighted by Crippen LogP contribution is 2.53. The Hall–Kier alpha value is -0.0400. The largest absolute Gasteiger partial charge is 0.389 e. The first-order chi connectivity index (χ1) is 8.01. The van der Waals surface area contributed by atoms with E-state index >= 15 is 0 Å². The highest BCUT2D eigenvalue weighted by molar-refractivity contribution is 5.03. The molecule has 0 aromatic heterocycles. The van der Waals surface area contributed by atoms with Gasteiger partial charge in [-0.15, -0.1) is 0 Å². The van der Waals surface area contributed by atoms with E-state index in [9.17, 15) is 5.11 Å². The van der Waals surface area contributed by atoms with Gasteiger partial charge in [-0.1, -0.05) is 59.3 Å². The minimum atomic E-state index is -0.383. The van der Waals surface area contributed by atoms with Crippen LogP contribution in [0.4, 0.5) is 0 Å². The maximum absolute atomic E-state index is 11.3. The van der Waals surface area contributed by atoms with E-state index in [4.69, 9.17) is 0 Å². The molecule has 0 aromatic rings. The van der Waals surface area contributed by atoms with Crippen LogP contribution < -0.4 is 0 Å². The van der Waals surface area contributed by atoms with Gasteiger partial charge in [-0.05, 0) is 36.5 Å². The third kappa shape index (κ3) is 2.28. The number of aliphatic hydroxyl groups is 1. The summed E-state index contributed by atoms with van der Waals surface area (Å²) in [5.74, 6) is 1.34. The lowest BCUT2D eigenvalue weighted by Crippen LogP contribution is -2.55.